The van der Waals surface area contributed by atoms with Crippen molar-refractivity contribution in [2.75, 3.05) is 26.4 Å². The molecule has 1 aliphatic rings. The Morgan fingerprint density at radius 3 is 2.24 bits per heavy atom. The highest BCUT2D eigenvalue weighted by Gasteiger charge is 2.46. The maximum Gasteiger partial charge on any atom is 0.186 e. The van der Waals surface area contributed by atoms with Crippen molar-refractivity contribution < 1.29 is 50.0 Å². The van der Waals surface area contributed by atoms with Crippen LogP contribution in [0.25, 0.3) is 0 Å². The van der Waals surface area contributed by atoms with Crippen LogP contribution < -0.4 is 0 Å². The van der Waals surface area contributed by atoms with Crippen LogP contribution in [0.3, 0.4) is 0 Å². The lowest BCUT2D eigenvalue weighted by molar-refractivity contribution is -0.327. The van der Waals surface area contributed by atoms with Gasteiger partial charge in [0.05, 0.1) is 26.4 Å². The average molecular weight is 314 g/mol. The molecule has 21 heavy (non-hydrogen) atoms. The van der Waals surface area contributed by atoms with Crippen LogP contribution in [0.4, 0.5) is 0 Å². The number of hydrogen-bond donors (Lipinski definition) is 7. The first-order valence-corrected chi connectivity index (χ1v) is 6.43. The molecule has 0 unspecified atom stereocenters. The van der Waals surface area contributed by atoms with Crippen molar-refractivity contribution in [3.8, 4) is 0 Å². The van der Waals surface area contributed by atoms with Gasteiger partial charge in [-0.05, 0) is 0 Å². The van der Waals surface area contributed by atoms with Crippen LogP contribution in [0.1, 0.15) is 0 Å². The molecule has 1 fully saturated rings. The van der Waals surface area contributed by atoms with Crippen LogP contribution in [-0.2, 0) is 14.2 Å². The summed E-state index contributed by atoms with van der Waals surface area (Å²) < 4.78 is 15.1. The second-order valence-corrected chi connectivity index (χ2v) is 4.54. The van der Waals surface area contributed by atoms with Gasteiger partial charge in [-0.25, -0.2) is 0 Å². The van der Waals surface area contributed by atoms with Gasteiger partial charge in [-0.3, -0.25) is 0 Å². The number of rotatable bonds is 8. The molecule has 7 N–H and O–H groups in total. The van der Waals surface area contributed by atoms with Crippen molar-refractivity contribution in [3.63, 3.8) is 0 Å². The van der Waals surface area contributed by atoms with Crippen LogP contribution in [0, 0.1) is 0 Å². The van der Waals surface area contributed by atoms with Crippen LogP contribution in [-0.4, -0.2) is 105 Å². The molecule has 1 heterocycles. The van der Waals surface area contributed by atoms with Crippen LogP contribution in [0.2, 0.25) is 0 Å². The van der Waals surface area contributed by atoms with Gasteiger partial charge in [0.15, 0.2) is 12.6 Å². The van der Waals surface area contributed by atoms with E-state index in [-0.39, 0.29) is 13.2 Å². The molecule has 0 spiro atoms. The SMILES string of the molecule is OCCO[C@H](O[C@H]1[C@H](O)[C@@H](O)[C@H](O)O[C@@H]1CO)[C@H](O)CO. The Labute approximate surface area is 120 Å². The molecular formula is C11H22O10. The maximum absolute atomic E-state index is 9.86. The second kappa shape index (κ2) is 8.90. The Morgan fingerprint density at radius 2 is 1.71 bits per heavy atom. The summed E-state index contributed by atoms with van der Waals surface area (Å²) in [5.74, 6) is 0. The van der Waals surface area contributed by atoms with Crippen molar-refractivity contribution in [1.82, 2.24) is 0 Å². The zero-order chi connectivity index (χ0) is 16.0. The van der Waals surface area contributed by atoms with Gasteiger partial charge in [0.25, 0.3) is 0 Å². The zero-order valence-corrected chi connectivity index (χ0v) is 11.2. The van der Waals surface area contributed by atoms with E-state index in [9.17, 15) is 20.4 Å². The molecule has 0 radical (unpaired) electrons. The fourth-order valence-electron chi connectivity index (χ4n) is 1.89. The van der Waals surface area contributed by atoms with E-state index >= 15 is 0 Å². The second-order valence-electron chi connectivity index (χ2n) is 4.54. The van der Waals surface area contributed by atoms with Gasteiger partial charge in [0.1, 0.15) is 30.5 Å². The van der Waals surface area contributed by atoms with E-state index in [0.29, 0.717) is 0 Å². The fraction of sp³-hybridized carbons (Fsp3) is 1.00. The molecule has 0 amide bonds. The van der Waals surface area contributed by atoms with Crippen LogP contribution >= 0.6 is 0 Å². The molecule has 0 bridgehead atoms. The summed E-state index contributed by atoms with van der Waals surface area (Å²) in [6.07, 6.45) is -10.4. The first-order valence-electron chi connectivity index (χ1n) is 6.43. The maximum atomic E-state index is 9.86. The summed E-state index contributed by atoms with van der Waals surface area (Å²) in [6, 6.07) is 0. The standard InChI is InChI=1S/C11H22O10/c12-1-2-19-11(5(15)3-13)21-9-6(4-14)20-10(18)8(17)7(9)16/h5-18H,1-4H2/t5-,6-,7-,8-,9-,10-,11-/m1/s1. The molecule has 10 heteroatoms. The summed E-state index contributed by atoms with van der Waals surface area (Å²) in [6.45, 7) is -1.92. The largest absolute Gasteiger partial charge is 0.394 e. The number of aliphatic hydroxyl groups is 7. The van der Waals surface area contributed by atoms with E-state index in [1.165, 1.54) is 0 Å². The van der Waals surface area contributed by atoms with Gasteiger partial charge in [-0.1, -0.05) is 0 Å². The molecule has 0 saturated carbocycles. The summed E-state index contributed by atoms with van der Waals surface area (Å²) >= 11 is 0. The van der Waals surface area contributed by atoms with Crippen molar-refractivity contribution in [2.24, 2.45) is 0 Å². The lowest BCUT2D eigenvalue weighted by atomic mass is 9.99. The monoisotopic (exact) mass is 314 g/mol. The van der Waals surface area contributed by atoms with Gasteiger partial charge < -0.3 is 50.0 Å². The van der Waals surface area contributed by atoms with Crippen molar-refractivity contribution in [3.05, 3.63) is 0 Å². The topological polar surface area (TPSA) is 169 Å². The van der Waals surface area contributed by atoms with E-state index in [1.54, 1.807) is 0 Å². The smallest absolute Gasteiger partial charge is 0.186 e. The Bertz CT molecular complexity index is 288. The van der Waals surface area contributed by atoms with Crippen molar-refractivity contribution in [2.45, 2.75) is 43.1 Å². The highest BCUT2D eigenvalue weighted by molar-refractivity contribution is 4.90. The highest BCUT2D eigenvalue weighted by Crippen LogP contribution is 2.24. The minimum atomic E-state index is -1.70. The van der Waals surface area contributed by atoms with Gasteiger partial charge in [0.2, 0.25) is 0 Å². The molecule has 1 rings (SSSR count). The van der Waals surface area contributed by atoms with E-state index in [1.807, 2.05) is 0 Å². The first-order chi connectivity index (χ1) is 9.96. The third-order valence-electron chi connectivity index (χ3n) is 3.01. The Morgan fingerprint density at radius 1 is 1.05 bits per heavy atom. The summed E-state index contributed by atoms with van der Waals surface area (Å²) in [5, 5.41) is 65.1. The third kappa shape index (κ3) is 4.79. The van der Waals surface area contributed by atoms with E-state index < -0.39 is 56.3 Å². The first kappa shape index (κ1) is 18.6. The molecule has 10 nitrogen and oxygen atoms in total. The molecule has 126 valence electrons. The molecule has 1 aliphatic heterocycles. The van der Waals surface area contributed by atoms with E-state index in [2.05, 4.69) is 0 Å². The van der Waals surface area contributed by atoms with Crippen LogP contribution in [0.5, 0.6) is 0 Å². The number of hydrogen-bond acceptors (Lipinski definition) is 10. The molecular weight excluding hydrogens is 292 g/mol. The number of ether oxygens (including phenoxy) is 3. The molecule has 7 atom stereocenters. The summed E-state index contributed by atoms with van der Waals surface area (Å²) in [7, 11) is 0. The lowest BCUT2D eigenvalue weighted by Gasteiger charge is -2.41. The van der Waals surface area contributed by atoms with Crippen molar-refractivity contribution >= 4 is 0 Å². The quantitative estimate of drug-likeness (QED) is 0.217. The predicted octanol–water partition coefficient (Wildman–Crippen LogP) is -4.51. The predicted molar refractivity (Wildman–Crippen MR) is 64.8 cm³/mol. The minimum Gasteiger partial charge on any atom is -0.394 e. The van der Waals surface area contributed by atoms with Crippen molar-refractivity contribution in [1.29, 1.82) is 0 Å². The number of aliphatic hydroxyl groups excluding tert-OH is 7. The molecule has 0 aromatic carbocycles. The normalized spacial score (nSPS) is 36.4. The van der Waals surface area contributed by atoms with Gasteiger partial charge in [0, 0.05) is 0 Å². The van der Waals surface area contributed by atoms with Gasteiger partial charge >= 0.3 is 0 Å². The van der Waals surface area contributed by atoms with E-state index in [0.717, 1.165) is 0 Å². The average Bonchev–Trinajstić information content (AvgIpc) is 2.49. The van der Waals surface area contributed by atoms with E-state index in [4.69, 9.17) is 29.5 Å². The minimum absolute atomic E-state index is 0.208. The van der Waals surface area contributed by atoms with Crippen LogP contribution in [0.15, 0.2) is 0 Å². The zero-order valence-electron chi connectivity index (χ0n) is 11.2. The third-order valence-corrected chi connectivity index (χ3v) is 3.01. The summed E-state index contributed by atoms with van der Waals surface area (Å²) in [4.78, 5) is 0. The highest BCUT2D eigenvalue weighted by atomic mass is 16.7. The summed E-state index contributed by atoms with van der Waals surface area (Å²) in [5.41, 5.74) is 0. The Kier molecular flexibility index (Phi) is 7.90. The molecule has 0 aromatic heterocycles. The van der Waals surface area contributed by atoms with Gasteiger partial charge in [-0.2, -0.15) is 0 Å². The lowest BCUT2D eigenvalue weighted by Crippen LogP contribution is -2.61. The molecule has 0 aliphatic carbocycles. The Balaban J connectivity index is 2.77. The fourth-order valence-corrected chi connectivity index (χ4v) is 1.89. The molecule has 1 saturated heterocycles. The Hall–Kier alpha value is -0.400. The molecule has 0 aromatic rings. The van der Waals surface area contributed by atoms with Gasteiger partial charge in [-0.15, -0.1) is 0 Å².